The maximum absolute atomic E-state index is 11.9. The molecule has 0 aliphatic heterocycles. The summed E-state index contributed by atoms with van der Waals surface area (Å²) in [5.41, 5.74) is 1.09. The Kier molecular flexibility index (Phi) is 8.23. The fourth-order valence-electron chi connectivity index (χ4n) is 5.45. The molecule has 0 heterocycles. The van der Waals surface area contributed by atoms with E-state index >= 15 is 0 Å². The molecule has 2 bridgehead atoms. The summed E-state index contributed by atoms with van der Waals surface area (Å²) in [5.74, 6) is -0.101. The molecular formula is C27H37NO6S. The van der Waals surface area contributed by atoms with Crippen molar-refractivity contribution in [2.75, 3.05) is 33.0 Å². The number of fused-ring (bicyclic) bond motifs is 2. The minimum absolute atomic E-state index is 0.0152. The van der Waals surface area contributed by atoms with Crippen LogP contribution in [0.2, 0.25) is 0 Å². The van der Waals surface area contributed by atoms with Crippen molar-refractivity contribution in [3.8, 4) is 0 Å². The van der Waals surface area contributed by atoms with Crippen LogP contribution in [0.4, 0.5) is 0 Å². The number of hydroxylamine groups is 3. The number of rotatable bonds is 8. The lowest BCUT2D eigenvalue weighted by Gasteiger charge is -2.35. The first-order valence-electron chi connectivity index (χ1n) is 12.0. The number of nitrogens with zero attached hydrogens (tertiary/aromatic N) is 1. The first kappa shape index (κ1) is 27.5. The summed E-state index contributed by atoms with van der Waals surface area (Å²) in [7, 11) is -0.819. The second-order valence-electron chi connectivity index (χ2n) is 10.8. The molecule has 0 saturated heterocycles. The molecular weight excluding hydrogens is 466 g/mol. The summed E-state index contributed by atoms with van der Waals surface area (Å²) in [6.07, 6.45) is 1.85. The van der Waals surface area contributed by atoms with Gasteiger partial charge in [-0.25, -0.2) is 0 Å². The minimum Gasteiger partial charge on any atom is -0.633 e. The summed E-state index contributed by atoms with van der Waals surface area (Å²) in [6.45, 7) is 4.77. The molecule has 4 rings (SSSR count). The van der Waals surface area contributed by atoms with E-state index in [0.29, 0.717) is 26.0 Å². The van der Waals surface area contributed by atoms with Gasteiger partial charge in [0.1, 0.15) is 18.4 Å². The zero-order valence-electron chi connectivity index (χ0n) is 21.0. The highest BCUT2D eigenvalue weighted by atomic mass is 32.2. The van der Waals surface area contributed by atoms with Crippen molar-refractivity contribution >= 4 is 15.9 Å². The van der Waals surface area contributed by atoms with Gasteiger partial charge in [-0.3, -0.25) is 9.35 Å². The molecule has 2 fully saturated rings. The van der Waals surface area contributed by atoms with E-state index in [4.69, 9.17) is 9.29 Å². The Morgan fingerprint density at radius 3 is 1.94 bits per heavy atom. The first-order chi connectivity index (χ1) is 16.3. The van der Waals surface area contributed by atoms with Crippen LogP contribution in [0.15, 0.2) is 60.7 Å². The maximum atomic E-state index is 11.9. The van der Waals surface area contributed by atoms with Crippen molar-refractivity contribution in [3.05, 3.63) is 77.0 Å². The topological polar surface area (TPSA) is 104 Å². The smallest absolute Gasteiger partial charge is 0.265 e. The van der Waals surface area contributed by atoms with Crippen LogP contribution in [0.5, 0.6) is 0 Å². The van der Waals surface area contributed by atoms with Crippen LogP contribution in [0, 0.1) is 22.0 Å². The molecule has 2 aliphatic rings. The molecule has 2 atom stereocenters. The Balaban J connectivity index is 0.000000203. The molecule has 2 aromatic carbocycles. The second kappa shape index (κ2) is 10.5. The Labute approximate surface area is 209 Å². The fraction of sp³-hybridized carbons (Fsp3) is 0.519. The Bertz CT molecular complexity index is 1060. The molecule has 1 N–H and O–H groups in total. The van der Waals surface area contributed by atoms with Crippen LogP contribution >= 0.6 is 0 Å². The van der Waals surface area contributed by atoms with Crippen LogP contribution in [-0.2, 0) is 19.6 Å². The van der Waals surface area contributed by atoms with Gasteiger partial charge in [-0.2, -0.15) is 8.42 Å². The third-order valence-electron chi connectivity index (χ3n) is 7.69. The largest absolute Gasteiger partial charge is 0.633 e. The van der Waals surface area contributed by atoms with Gasteiger partial charge >= 0.3 is 0 Å². The van der Waals surface area contributed by atoms with Gasteiger partial charge in [0, 0.05) is 6.42 Å². The summed E-state index contributed by atoms with van der Waals surface area (Å²) < 4.78 is 36.6. The van der Waals surface area contributed by atoms with E-state index in [0.717, 1.165) is 17.5 Å². The maximum Gasteiger partial charge on any atom is 0.265 e. The predicted molar refractivity (Wildman–Crippen MR) is 136 cm³/mol. The molecule has 0 spiro atoms. The van der Waals surface area contributed by atoms with Gasteiger partial charge in [0.15, 0.2) is 0 Å². The first-order valence-corrected chi connectivity index (χ1v) is 13.6. The summed E-state index contributed by atoms with van der Waals surface area (Å²) in [4.78, 5) is 11.9. The second-order valence-corrected chi connectivity index (χ2v) is 12.2. The normalized spacial score (nSPS) is 23.3. The van der Waals surface area contributed by atoms with Crippen LogP contribution in [0.25, 0.3) is 0 Å². The molecule has 8 heteroatoms. The van der Waals surface area contributed by atoms with Crippen LogP contribution < -0.4 is 0 Å². The molecule has 2 aromatic rings. The standard InChI is InChI=1S/C17H21NO2.C10H16O4S/c1-18(2,19)13-14-20-17(15-9-5-3-6-10-15)16-11-7-4-8-12-16;1-9(2)7-3-4-10(9,8(11)5-7)6-15(12,13)14/h3-12,17H,13-14H2,1-2H3;7H,3-6H2,1-2H3,(H,12,13,14). The SMILES string of the molecule is CC1(C)C2CCC1(CS(=O)(=O)O)C(=O)C2.C[N+](C)([O-])CCOC(c1ccccc1)c1ccccc1. The van der Waals surface area contributed by atoms with E-state index in [1.54, 1.807) is 14.1 Å². The number of likely N-dealkylation sites (N-methyl/N-ethyl adjacent to an activating group) is 1. The third kappa shape index (κ3) is 6.57. The van der Waals surface area contributed by atoms with Gasteiger partial charge in [-0.15, -0.1) is 0 Å². The number of carbonyl (C=O) groups is 1. The third-order valence-corrected chi connectivity index (χ3v) is 8.54. The Morgan fingerprint density at radius 2 is 1.57 bits per heavy atom. The van der Waals surface area contributed by atoms with Crippen molar-refractivity contribution in [1.82, 2.24) is 0 Å². The highest BCUT2D eigenvalue weighted by Gasteiger charge is 2.65. The summed E-state index contributed by atoms with van der Waals surface area (Å²) >= 11 is 0. The molecule has 7 nitrogen and oxygen atoms in total. The molecule has 35 heavy (non-hydrogen) atoms. The number of carbonyl (C=O) groups excluding carboxylic acids is 1. The molecule has 0 amide bonds. The number of hydrogen-bond acceptors (Lipinski definition) is 5. The van der Waals surface area contributed by atoms with E-state index < -0.39 is 21.3 Å². The van der Waals surface area contributed by atoms with Crippen molar-refractivity contribution in [2.24, 2.45) is 16.7 Å². The van der Waals surface area contributed by atoms with Crippen molar-refractivity contribution < 1.29 is 27.1 Å². The van der Waals surface area contributed by atoms with Crippen molar-refractivity contribution in [2.45, 2.75) is 39.2 Å². The molecule has 2 unspecified atom stereocenters. The lowest BCUT2D eigenvalue weighted by Crippen LogP contribution is -2.42. The zero-order chi connectivity index (χ0) is 25.9. The molecule has 2 saturated carbocycles. The average molecular weight is 504 g/mol. The zero-order valence-corrected chi connectivity index (χ0v) is 21.8. The number of benzene rings is 2. The number of ketones is 1. The van der Waals surface area contributed by atoms with Gasteiger partial charge in [0.2, 0.25) is 0 Å². The molecule has 0 aromatic heterocycles. The Hall–Kier alpha value is -2.10. The number of hydrogen-bond donors (Lipinski definition) is 1. The van der Waals surface area contributed by atoms with Gasteiger partial charge in [0.25, 0.3) is 10.1 Å². The summed E-state index contributed by atoms with van der Waals surface area (Å²) in [6, 6.07) is 20.2. The van der Waals surface area contributed by atoms with E-state index in [1.165, 1.54) is 0 Å². The van der Waals surface area contributed by atoms with Gasteiger partial charge in [-0.1, -0.05) is 74.5 Å². The number of Topliss-reactive ketones (excluding diaryl/α,β-unsaturated/α-hetero) is 1. The predicted octanol–water partition coefficient (Wildman–Crippen LogP) is 4.64. The number of quaternary nitrogens is 1. The van der Waals surface area contributed by atoms with Crippen LogP contribution in [0.3, 0.4) is 0 Å². The van der Waals surface area contributed by atoms with Crippen molar-refractivity contribution in [1.29, 1.82) is 0 Å². The average Bonchev–Trinajstić information content (AvgIpc) is 3.11. The fourth-order valence-corrected chi connectivity index (χ4v) is 6.75. The van der Waals surface area contributed by atoms with E-state index in [9.17, 15) is 18.4 Å². The van der Waals surface area contributed by atoms with E-state index in [2.05, 4.69) is 24.3 Å². The van der Waals surface area contributed by atoms with Gasteiger partial charge in [-0.05, 0) is 35.3 Å². The number of ether oxygens (including phenoxy) is 1. The molecule has 0 radical (unpaired) electrons. The van der Waals surface area contributed by atoms with Gasteiger partial charge < -0.3 is 14.6 Å². The lowest BCUT2D eigenvalue weighted by atomic mass is 9.70. The summed E-state index contributed by atoms with van der Waals surface area (Å²) in [5, 5.41) is 11.6. The highest BCUT2D eigenvalue weighted by molar-refractivity contribution is 7.85. The highest BCUT2D eigenvalue weighted by Crippen LogP contribution is 2.64. The Morgan fingerprint density at radius 1 is 1.06 bits per heavy atom. The molecule has 192 valence electrons. The van der Waals surface area contributed by atoms with Crippen LogP contribution in [-0.4, -0.2) is 56.4 Å². The van der Waals surface area contributed by atoms with Crippen LogP contribution in [0.1, 0.15) is 50.3 Å². The van der Waals surface area contributed by atoms with E-state index in [-0.39, 0.29) is 27.9 Å². The monoisotopic (exact) mass is 503 g/mol. The van der Waals surface area contributed by atoms with Gasteiger partial charge in [0.05, 0.1) is 31.9 Å². The minimum atomic E-state index is -4.08. The van der Waals surface area contributed by atoms with Crippen molar-refractivity contribution in [3.63, 3.8) is 0 Å². The quantitative estimate of drug-likeness (QED) is 0.320. The molecule has 2 aliphatic carbocycles. The van der Waals surface area contributed by atoms with E-state index in [1.807, 2.05) is 50.2 Å². The lowest BCUT2D eigenvalue weighted by molar-refractivity contribution is -0.840.